The summed E-state index contributed by atoms with van der Waals surface area (Å²) in [5, 5.41) is 3.95. The van der Waals surface area contributed by atoms with E-state index < -0.39 is 0 Å². The number of fused-ring (bicyclic) bond motifs is 1. The highest BCUT2D eigenvalue weighted by molar-refractivity contribution is 6.07. The molecule has 6 nitrogen and oxygen atoms in total. The molecule has 2 aromatic heterocycles. The van der Waals surface area contributed by atoms with Gasteiger partial charge in [-0.05, 0) is 39.6 Å². The Morgan fingerprint density at radius 3 is 2.57 bits per heavy atom. The first-order valence-electron chi connectivity index (χ1n) is 9.56. The number of rotatable bonds is 6. The second-order valence-electron chi connectivity index (χ2n) is 7.40. The van der Waals surface area contributed by atoms with E-state index in [9.17, 15) is 4.79 Å². The van der Waals surface area contributed by atoms with Crippen LogP contribution < -0.4 is 5.32 Å². The summed E-state index contributed by atoms with van der Waals surface area (Å²) >= 11 is 0. The number of aromatic nitrogens is 3. The molecule has 0 saturated heterocycles. The summed E-state index contributed by atoms with van der Waals surface area (Å²) in [7, 11) is 3.98. The van der Waals surface area contributed by atoms with Crippen molar-refractivity contribution in [2.24, 2.45) is 0 Å². The van der Waals surface area contributed by atoms with E-state index in [-0.39, 0.29) is 11.9 Å². The van der Waals surface area contributed by atoms with E-state index >= 15 is 0 Å². The van der Waals surface area contributed by atoms with Gasteiger partial charge in [0.15, 0.2) is 0 Å². The number of nitrogens with one attached hydrogen (secondary N) is 1. The largest absolute Gasteiger partial charge is 0.348 e. The van der Waals surface area contributed by atoms with Crippen LogP contribution >= 0.6 is 0 Å². The smallest absolute Gasteiger partial charge is 0.252 e. The zero-order chi connectivity index (χ0) is 20.3. The van der Waals surface area contributed by atoms with Crippen molar-refractivity contribution in [2.45, 2.75) is 33.2 Å². The SMILES string of the molecule is CCc1ncc(-c2cc(C(=O)NC(C)CN(C)C)c3cccc(C)c3n2)cn1. The van der Waals surface area contributed by atoms with E-state index in [0.29, 0.717) is 11.3 Å². The van der Waals surface area contributed by atoms with Crippen LogP contribution in [0.5, 0.6) is 0 Å². The van der Waals surface area contributed by atoms with E-state index in [1.165, 1.54) is 0 Å². The van der Waals surface area contributed by atoms with Gasteiger partial charge in [-0.2, -0.15) is 0 Å². The van der Waals surface area contributed by atoms with Gasteiger partial charge in [0.05, 0.1) is 16.8 Å². The van der Waals surface area contributed by atoms with Crippen LogP contribution in [0.25, 0.3) is 22.2 Å². The molecule has 28 heavy (non-hydrogen) atoms. The van der Waals surface area contributed by atoms with Gasteiger partial charge in [0.1, 0.15) is 5.82 Å². The Kier molecular flexibility index (Phi) is 5.99. The molecule has 1 aromatic carbocycles. The molecule has 1 amide bonds. The molecule has 2 heterocycles. The van der Waals surface area contributed by atoms with Crippen LogP contribution in [0.4, 0.5) is 0 Å². The van der Waals surface area contributed by atoms with Gasteiger partial charge >= 0.3 is 0 Å². The zero-order valence-corrected chi connectivity index (χ0v) is 17.2. The first kappa shape index (κ1) is 19.9. The average Bonchev–Trinajstić information content (AvgIpc) is 2.67. The third kappa shape index (κ3) is 4.34. The van der Waals surface area contributed by atoms with Crippen molar-refractivity contribution in [1.29, 1.82) is 0 Å². The molecule has 6 heteroatoms. The molecule has 3 aromatic rings. The molecule has 0 radical (unpaired) electrons. The number of pyridine rings is 1. The molecule has 0 aliphatic carbocycles. The molecule has 0 bridgehead atoms. The molecular weight excluding hydrogens is 350 g/mol. The topological polar surface area (TPSA) is 71.0 Å². The lowest BCUT2D eigenvalue weighted by atomic mass is 10.0. The molecule has 3 rings (SSSR count). The lowest BCUT2D eigenvalue weighted by Gasteiger charge is -2.19. The second kappa shape index (κ2) is 8.44. The van der Waals surface area contributed by atoms with Crippen LogP contribution in [-0.4, -0.2) is 52.4 Å². The van der Waals surface area contributed by atoms with Gasteiger partial charge in [0, 0.05) is 42.4 Å². The molecular formula is C22H27N5O. The summed E-state index contributed by atoms with van der Waals surface area (Å²) < 4.78 is 0. The van der Waals surface area contributed by atoms with E-state index in [0.717, 1.165) is 40.8 Å². The third-order valence-corrected chi connectivity index (χ3v) is 4.62. The minimum Gasteiger partial charge on any atom is -0.348 e. The summed E-state index contributed by atoms with van der Waals surface area (Å²) in [5.74, 6) is 0.691. The number of hydrogen-bond acceptors (Lipinski definition) is 5. The minimum absolute atomic E-state index is 0.0335. The predicted octanol–water partition coefficient (Wildman–Crippen LogP) is 3.24. The van der Waals surface area contributed by atoms with Gasteiger partial charge in [0.25, 0.3) is 5.91 Å². The van der Waals surface area contributed by atoms with E-state index in [1.54, 1.807) is 12.4 Å². The number of nitrogens with zero attached hydrogens (tertiary/aromatic N) is 4. The highest BCUT2D eigenvalue weighted by Gasteiger charge is 2.17. The average molecular weight is 377 g/mol. The number of amides is 1. The Hall–Kier alpha value is -2.86. The summed E-state index contributed by atoms with van der Waals surface area (Å²) in [5.41, 5.74) is 3.98. The Balaban J connectivity index is 2.07. The molecule has 1 atom stereocenters. The fourth-order valence-corrected chi connectivity index (χ4v) is 3.29. The third-order valence-electron chi connectivity index (χ3n) is 4.62. The van der Waals surface area contributed by atoms with Crippen molar-refractivity contribution < 1.29 is 4.79 Å². The van der Waals surface area contributed by atoms with Crippen LogP contribution in [0.1, 0.15) is 35.6 Å². The van der Waals surface area contributed by atoms with Crippen LogP contribution in [0.15, 0.2) is 36.7 Å². The summed E-state index contributed by atoms with van der Waals surface area (Å²) in [4.78, 5) is 28.7. The maximum atomic E-state index is 13.1. The predicted molar refractivity (Wildman–Crippen MR) is 112 cm³/mol. The molecule has 146 valence electrons. The number of aryl methyl sites for hydroxylation is 2. The van der Waals surface area contributed by atoms with Gasteiger partial charge in [-0.15, -0.1) is 0 Å². The molecule has 0 saturated carbocycles. The molecule has 1 unspecified atom stereocenters. The van der Waals surface area contributed by atoms with Crippen molar-refractivity contribution >= 4 is 16.8 Å². The fourth-order valence-electron chi connectivity index (χ4n) is 3.29. The van der Waals surface area contributed by atoms with Crippen molar-refractivity contribution in [3.05, 3.63) is 53.6 Å². The van der Waals surface area contributed by atoms with Gasteiger partial charge in [0.2, 0.25) is 0 Å². The highest BCUT2D eigenvalue weighted by Crippen LogP contribution is 2.26. The highest BCUT2D eigenvalue weighted by atomic mass is 16.1. The Morgan fingerprint density at radius 2 is 1.93 bits per heavy atom. The first-order chi connectivity index (χ1) is 13.4. The van der Waals surface area contributed by atoms with Gasteiger partial charge in [-0.25, -0.2) is 15.0 Å². The normalized spacial score (nSPS) is 12.4. The van der Waals surface area contributed by atoms with Crippen molar-refractivity contribution in [2.75, 3.05) is 20.6 Å². The van der Waals surface area contributed by atoms with Crippen LogP contribution in [-0.2, 0) is 6.42 Å². The van der Waals surface area contributed by atoms with Crippen molar-refractivity contribution in [1.82, 2.24) is 25.2 Å². The van der Waals surface area contributed by atoms with Crippen molar-refractivity contribution in [3.8, 4) is 11.3 Å². The number of carbonyl (C=O) groups is 1. The number of para-hydroxylation sites is 1. The Labute approximate surface area is 166 Å². The lowest BCUT2D eigenvalue weighted by molar-refractivity contribution is 0.0936. The summed E-state index contributed by atoms with van der Waals surface area (Å²) in [6.07, 6.45) is 4.32. The molecule has 0 spiro atoms. The Bertz CT molecular complexity index is 982. The number of likely N-dealkylation sites (N-methyl/N-ethyl adjacent to an activating group) is 1. The van der Waals surface area contributed by atoms with Crippen LogP contribution in [0.3, 0.4) is 0 Å². The van der Waals surface area contributed by atoms with Gasteiger partial charge < -0.3 is 10.2 Å². The number of benzene rings is 1. The van der Waals surface area contributed by atoms with Gasteiger partial charge in [-0.3, -0.25) is 4.79 Å². The molecule has 0 fully saturated rings. The zero-order valence-electron chi connectivity index (χ0n) is 17.2. The van der Waals surface area contributed by atoms with Crippen molar-refractivity contribution in [3.63, 3.8) is 0 Å². The van der Waals surface area contributed by atoms with Crippen LogP contribution in [0, 0.1) is 6.92 Å². The number of hydrogen-bond donors (Lipinski definition) is 1. The van der Waals surface area contributed by atoms with Crippen LogP contribution in [0.2, 0.25) is 0 Å². The Morgan fingerprint density at radius 1 is 1.21 bits per heavy atom. The van der Waals surface area contributed by atoms with E-state index in [2.05, 4.69) is 20.2 Å². The quantitative estimate of drug-likeness (QED) is 0.714. The van der Waals surface area contributed by atoms with Gasteiger partial charge in [-0.1, -0.05) is 25.1 Å². The van der Waals surface area contributed by atoms with E-state index in [4.69, 9.17) is 4.98 Å². The number of carbonyl (C=O) groups excluding carboxylic acids is 1. The fraction of sp³-hybridized carbons (Fsp3) is 0.364. The summed E-state index contributed by atoms with van der Waals surface area (Å²) in [6.45, 7) is 6.80. The molecule has 0 aliphatic rings. The molecule has 1 N–H and O–H groups in total. The first-order valence-corrected chi connectivity index (χ1v) is 9.56. The maximum Gasteiger partial charge on any atom is 0.252 e. The molecule has 0 aliphatic heterocycles. The second-order valence-corrected chi connectivity index (χ2v) is 7.40. The summed E-state index contributed by atoms with van der Waals surface area (Å²) in [6, 6.07) is 7.78. The van der Waals surface area contributed by atoms with E-state index in [1.807, 2.05) is 59.1 Å². The lowest BCUT2D eigenvalue weighted by Crippen LogP contribution is -2.39. The standard InChI is InChI=1S/C22H27N5O/c1-6-20-23-11-16(12-24-20)19-10-18(22(28)25-15(3)13-27(4)5)17-9-7-8-14(2)21(17)26-19/h7-12,15H,6,13H2,1-5H3,(H,25,28). The maximum absolute atomic E-state index is 13.1. The monoisotopic (exact) mass is 377 g/mol. The minimum atomic E-state index is -0.0975.